The van der Waals surface area contributed by atoms with Gasteiger partial charge in [0.25, 0.3) is 0 Å². The molecule has 2 fully saturated rings. The van der Waals surface area contributed by atoms with E-state index >= 15 is 0 Å². The van der Waals surface area contributed by atoms with E-state index in [9.17, 15) is 4.79 Å². The van der Waals surface area contributed by atoms with Gasteiger partial charge in [-0.15, -0.1) is 0 Å². The Balaban J connectivity index is 1.19. The van der Waals surface area contributed by atoms with Crippen LogP contribution in [0.1, 0.15) is 54.7 Å². The molecule has 1 aliphatic heterocycles. The molecular weight excluding hydrogens is 368 g/mol. The van der Waals surface area contributed by atoms with Crippen molar-refractivity contribution in [3.63, 3.8) is 0 Å². The molecule has 0 atom stereocenters. The maximum Gasteiger partial charge on any atom is 0.317 e. The van der Waals surface area contributed by atoms with Gasteiger partial charge in [-0.2, -0.15) is 5.10 Å². The number of ether oxygens (including phenoxy) is 1. The van der Waals surface area contributed by atoms with Crippen LogP contribution < -0.4 is 10.6 Å². The predicted molar refractivity (Wildman–Crippen MR) is 111 cm³/mol. The van der Waals surface area contributed by atoms with Crippen LogP contribution in [0.4, 0.5) is 10.5 Å². The minimum absolute atomic E-state index is 0.00184. The molecule has 29 heavy (non-hydrogen) atoms. The summed E-state index contributed by atoms with van der Waals surface area (Å²) < 4.78 is 5.03. The fourth-order valence-electron chi connectivity index (χ4n) is 3.68. The molecule has 1 saturated heterocycles. The van der Waals surface area contributed by atoms with Crippen LogP contribution in [0, 0.1) is 0 Å². The highest BCUT2D eigenvalue weighted by atomic mass is 16.5. The Morgan fingerprint density at radius 2 is 1.93 bits per heavy atom. The van der Waals surface area contributed by atoms with E-state index in [1.54, 1.807) is 7.11 Å². The minimum Gasteiger partial charge on any atom is -0.383 e. The van der Waals surface area contributed by atoms with Gasteiger partial charge in [0.1, 0.15) is 5.82 Å². The van der Waals surface area contributed by atoms with E-state index in [4.69, 9.17) is 4.74 Å². The van der Waals surface area contributed by atoms with E-state index in [-0.39, 0.29) is 6.03 Å². The number of anilines is 1. The molecule has 0 unspecified atom stereocenters. The second-order valence-corrected chi connectivity index (χ2v) is 7.89. The zero-order chi connectivity index (χ0) is 20.1. The van der Waals surface area contributed by atoms with Crippen molar-refractivity contribution >= 4 is 11.7 Å². The summed E-state index contributed by atoms with van der Waals surface area (Å²) in [5, 5.41) is 13.8. The van der Waals surface area contributed by atoms with Crippen molar-refractivity contribution in [1.82, 2.24) is 25.4 Å². The van der Waals surface area contributed by atoms with E-state index in [0.717, 1.165) is 55.4 Å². The number of rotatable bonds is 8. The zero-order valence-electron chi connectivity index (χ0n) is 17.0. The summed E-state index contributed by atoms with van der Waals surface area (Å²) in [6, 6.07) is 8.11. The third-order valence-electron chi connectivity index (χ3n) is 5.66. The standard InChI is InChI=1S/C21H30N6O2/c1-29-13-10-22-18-6-2-15(3-7-18)14-23-21(28)27-11-8-17(9-12-27)20-24-19(25-26-20)16-4-5-16/h2-3,6-7,16-17,22H,4-5,8-14H2,1H3,(H,23,28)(H,24,25,26). The van der Waals surface area contributed by atoms with Gasteiger partial charge in [-0.25, -0.2) is 9.78 Å². The number of aromatic nitrogens is 3. The average Bonchev–Trinajstić information content (AvgIpc) is 3.50. The van der Waals surface area contributed by atoms with Crippen molar-refractivity contribution in [2.75, 3.05) is 38.7 Å². The smallest absolute Gasteiger partial charge is 0.317 e. The molecule has 8 heteroatoms. The molecule has 8 nitrogen and oxygen atoms in total. The van der Waals surface area contributed by atoms with E-state index in [1.807, 2.05) is 29.2 Å². The molecule has 0 bridgehead atoms. The lowest BCUT2D eigenvalue weighted by molar-refractivity contribution is 0.180. The molecular formula is C21H30N6O2. The normalized spacial score (nSPS) is 17.3. The first kappa shape index (κ1) is 19.7. The molecule has 1 aromatic carbocycles. The number of urea groups is 1. The first-order valence-corrected chi connectivity index (χ1v) is 10.5. The summed E-state index contributed by atoms with van der Waals surface area (Å²) in [6.07, 6.45) is 4.27. The largest absolute Gasteiger partial charge is 0.383 e. The van der Waals surface area contributed by atoms with E-state index < -0.39 is 0 Å². The number of hydrogen-bond acceptors (Lipinski definition) is 5. The van der Waals surface area contributed by atoms with Gasteiger partial charge in [0.2, 0.25) is 0 Å². The van der Waals surface area contributed by atoms with Crippen LogP contribution >= 0.6 is 0 Å². The highest BCUT2D eigenvalue weighted by molar-refractivity contribution is 5.74. The van der Waals surface area contributed by atoms with E-state index in [1.165, 1.54) is 12.8 Å². The number of benzene rings is 1. The van der Waals surface area contributed by atoms with Crippen LogP contribution in [0.3, 0.4) is 0 Å². The highest BCUT2D eigenvalue weighted by Gasteiger charge is 2.30. The maximum atomic E-state index is 12.5. The van der Waals surface area contributed by atoms with Gasteiger partial charge in [-0.3, -0.25) is 5.10 Å². The zero-order valence-corrected chi connectivity index (χ0v) is 17.0. The first-order chi connectivity index (χ1) is 14.2. The Hall–Kier alpha value is -2.61. The summed E-state index contributed by atoms with van der Waals surface area (Å²) in [7, 11) is 1.69. The van der Waals surface area contributed by atoms with E-state index in [2.05, 4.69) is 25.8 Å². The van der Waals surface area contributed by atoms with Crippen LogP contribution in [0.5, 0.6) is 0 Å². The van der Waals surface area contributed by atoms with Crippen molar-refractivity contribution in [2.24, 2.45) is 0 Å². The fourth-order valence-corrected chi connectivity index (χ4v) is 3.68. The predicted octanol–water partition coefficient (Wildman–Crippen LogP) is 2.83. The Morgan fingerprint density at radius 1 is 1.17 bits per heavy atom. The fraction of sp³-hybridized carbons (Fsp3) is 0.571. The number of nitrogens with zero attached hydrogens (tertiary/aromatic N) is 3. The maximum absolute atomic E-state index is 12.5. The molecule has 1 aromatic heterocycles. The Bertz CT molecular complexity index is 794. The second kappa shape index (κ2) is 9.26. The van der Waals surface area contributed by atoms with Gasteiger partial charge in [-0.1, -0.05) is 12.1 Å². The topological polar surface area (TPSA) is 95.2 Å². The van der Waals surface area contributed by atoms with Gasteiger partial charge < -0.3 is 20.3 Å². The Morgan fingerprint density at radius 3 is 2.62 bits per heavy atom. The number of methoxy groups -OCH3 is 1. The lowest BCUT2D eigenvalue weighted by Gasteiger charge is -2.31. The molecule has 3 N–H and O–H groups in total. The van der Waals surface area contributed by atoms with Crippen LogP contribution in [0.25, 0.3) is 0 Å². The van der Waals surface area contributed by atoms with Crippen LogP contribution in [0.15, 0.2) is 24.3 Å². The third kappa shape index (κ3) is 5.26. The number of nitrogens with one attached hydrogen (secondary N) is 3. The van der Waals surface area contributed by atoms with Crippen molar-refractivity contribution in [1.29, 1.82) is 0 Å². The van der Waals surface area contributed by atoms with E-state index in [0.29, 0.717) is 25.0 Å². The summed E-state index contributed by atoms with van der Waals surface area (Å²) in [4.78, 5) is 19.1. The second-order valence-electron chi connectivity index (χ2n) is 7.89. The monoisotopic (exact) mass is 398 g/mol. The van der Waals surface area contributed by atoms with Gasteiger partial charge in [0.05, 0.1) is 6.61 Å². The Labute approximate surface area is 171 Å². The molecule has 1 aliphatic carbocycles. The van der Waals surface area contributed by atoms with Crippen molar-refractivity contribution in [3.05, 3.63) is 41.5 Å². The molecule has 2 amide bonds. The van der Waals surface area contributed by atoms with Crippen molar-refractivity contribution < 1.29 is 9.53 Å². The summed E-state index contributed by atoms with van der Waals surface area (Å²) in [6.45, 7) is 3.48. The molecule has 2 aliphatic rings. The SMILES string of the molecule is COCCNc1ccc(CNC(=O)N2CCC(c3nc(C4CC4)n[nH]3)CC2)cc1. The lowest BCUT2D eigenvalue weighted by atomic mass is 9.96. The van der Waals surface area contributed by atoms with Crippen LogP contribution in [-0.2, 0) is 11.3 Å². The average molecular weight is 399 g/mol. The highest BCUT2D eigenvalue weighted by Crippen LogP contribution is 2.38. The minimum atomic E-state index is 0.00184. The van der Waals surface area contributed by atoms with Crippen molar-refractivity contribution in [3.8, 4) is 0 Å². The number of hydrogen-bond donors (Lipinski definition) is 3. The molecule has 2 heterocycles. The molecule has 156 valence electrons. The molecule has 2 aromatic rings. The number of aromatic amines is 1. The number of piperidine rings is 1. The van der Waals surface area contributed by atoms with Gasteiger partial charge in [-0.05, 0) is 43.4 Å². The number of carbonyl (C=O) groups is 1. The van der Waals surface area contributed by atoms with Crippen LogP contribution in [0.2, 0.25) is 0 Å². The summed E-state index contributed by atoms with van der Waals surface area (Å²) >= 11 is 0. The molecule has 0 spiro atoms. The van der Waals surface area contributed by atoms with Gasteiger partial charge >= 0.3 is 6.03 Å². The summed E-state index contributed by atoms with van der Waals surface area (Å²) in [5.74, 6) is 2.91. The number of likely N-dealkylation sites (tertiary alicyclic amines) is 1. The molecule has 0 radical (unpaired) electrons. The first-order valence-electron chi connectivity index (χ1n) is 10.5. The van der Waals surface area contributed by atoms with Gasteiger partial charge in [0.15, 0.2) is 5.82 Å². The van der Waals surface area contributed by atoms with Crippen molar-refractivity contribution in [2.45, 2.75) is 44.1 Å². The third-order valence-corrected chi connectivity index (χ3v) is 5.66. The summed E-state index contributed by atoms with van der Waals surface area (Å²) in [5.41, 5.74) is 2.14. The number of amides is 2. The van der Waals surface area contributed by atoms with Crippen LogP contribution in [-0.4, -0.2) is 59.5 Å². The quantitative estimate of drug-likeness (QED) is 0.595. The lowest BCUT2D eigenvalue weighted by Crippen LogP contribution is -2.43. The number of H-pyrrole nitrogens is 1. The molecule has 4 rings (SSSR count). The molecule has 1 saturated carbocycles. The number of carbonyl (C=O) groups excluding carboxylic acids is 1. The van der Waals surface area contributed by atoms with Gasteiger partial charge in [0, 0.05) is 50.8 Å². The Kier molecular flexibility index (Phi) is 6.29.